The van der Waals surface area contributed by atoms with E-state index in [1.807, 2.05) is 13.8 Å². The highest BCUT2D eigenvalue weighted by Gasteiger charge is 2.36. The first kappa shape index (κ1) is 17.4. The topological polar surface area (TPSA) is 84.6 Å². The SMILES string of the molecule is C.COC1CC(C(C)(C)CO)Nc2ccc([N+](=O)[O-])cc21. The van der Waals surface area contributed by atoms with Gasteiger partial charge in [-0.25, -0.2) is 0 Å². The number of fused-ring (bicyclic) bond motifs is 1. The van der Waals surface area contributed by atoms with Gasteiger partial charge in [-0.15, -0.1) is 0 Å². The Labute approximate surface area is 125 Å². The number of hydrogen-bond donors (Lipinski definition) is 2. The average Bonchev–Trinajstić information content (AvgIpc) is 2.45. The Kier molecular flexibility index (Phi) is 5.31. The molecule has 1 heterocycles. The van der Waals surface area contributed by atoms with Gasteiger partial charge in [0.2, 0.25) is 0 Å². The standard InChI is InChI=1S/C14H20N2O4.CH4/c1-14(2,8-17)13-7-12(20-3)10-6-9(16(18)19)4-5-11(10)15-13;/h4-6,12-13,15,17H,7-8H2,1-3H3;1H4. The Morgan fingerprint density at radius 3 is 2.71 bits per heavy atom. The van der Waals surface area contributed by atoms with E-state index in [4.69, 9.17) is 4.74 Å². The van der Waals surface area contributed by atoms with Gasteiger partial charge in [-0.05, 0) is 12.5 Å². The second-order valence-corrected chi connectivity index (χ2v) is 5.83. The van der Waals surface area contributed by atoms with Gasteiger partial charge < -0.3 is 15.2 Å². The van der Waals surface area contributed by atoms with Crippen LogP contribution in [-0.2, 0) is 4.74 Å². The number of nitrogens with one attached hydrogen (secondary N) is 1. The normalized spacial score (nSPS) is 21.0. The summed E-state index contributed by atoms with van der Waals surface area (Å²) in [5.41, 5.74) is 1.40. The van der Waals surface area contributed by atoms with Gasteiger partial charge in [0, 0.05) is 42.0 Å². The maximum atomic E-state index is 10.9. The number of hydrogen-bond acceptors (Lipinski definition) is 5. The number of ether oxygens (including phenoxy) is 1. The molecule has 0 aromatic heterocycles. The monoisotopic (exact) mass is 296 g/mol. The molecule has 0 radical (unpaired) electrons. The third-order valence-electron chi connectivity index (χ3n) is 4.01. The molecule has 2 atom stereocenters. The predicted molar refractivity (Wildman–Crippen MR) is 82.5 cm³/mol. The molecule has 0 fully saturated rings. The number of nitro benzene ring substituents is 1. The molecule has 2 rings (SSSR count). The summed E-state index contributed by atoms with van der Waals surface area (Å²) < 4.78 is 5.48. The van der Waals surface area contributed by atoms with Crippen LogP contribution < -0.4 is 5.32 Å². The van der Waals surface area contributed by atoms with Crippen LogP contribution in [-0.4, -0.2) is 29.8 Å². The Balaban J connectivity index is 0.00000220. The molecule has 0 amide bonds. The summed E-state index contributed by atoms with van der Waals surface area (Å²) in [6, 6.07) is 4.79. The molecule has 0 spiro atoms. The highest BCUT2D eigenvalue weighted by Crippen LogP contribution is 2.41. The van der Waals surface area contributed by atoms with Crippen LogP contribution in [0.3, 0.4) is 0 Å². The maximum Gasteiger partial charge on any atom is 0.269 e. The van der Waals surface area contributed by atoms with Crippen molar-refractivity contribution in [2.24, 2.45) is 5.41 Å². The molecule has 6 heteroatoms. The fourth-order valence-electron chi connectivity index (χ4n) is 2.50. The van der Waals surface area contributed by atoms with E-state index in [2.05, 4.69) is 5.32 Å². The highest BCUT2D eigenvalue weighted by molar-refractivity contribution is 5.59. The number of benzene rings is 1. The van der Waals surface area contributed by atoms with Crippen molar-refractivity contribution in [3.05, 3.63) is 33.9 Å². The second-order valence-electron chi connectivity index (χ2n) is 5.83. The Morgan fingerprint density at radius 1 is 1.52 bits per heavy atom. The summed E-state index contributed by atoms with van der Waals surface area (Å²) in [5, 5.41) is 23.7. The van der Waals surface area contributed by atoms with Crippen molar-refractivity contribution in [2.75, 3.05) is 19.0 Å². The van der Waals surface area contributed by atoms with Crippen molar-refractivity contribution in [1.82, 2.24) is 0 Å². The van der Waals surface area contributed by atoms with Gasteiger partial charge in [-0.1, -0.05) is 21.3 Å². The highest BCUT2D eigenvalue weighted by atomic mass is 16.6. The number of nitrogens with zero attached hydrogens (tertiary/aromatic N) is 1. The zero-order chi connectivity index (χ0) is 14.9. The average molecular weight is 296 g/mol. The van der Waals surface area contributed by atoms with Gasteiger partial charge in [0.25, 0.3) is 5.69 Å². The van der Waals surface area contributed by atoms with E-state index in [1.165, 1.54) is 6.07 Å². The van der Waals surface area contributed by atoms with Crippen molar-refractivity contribution in [1.29, 1.82) is 0 Å². The van der Waals surface area contributed by atoms with E-state index in [9.17, 15) is 15.2 Å². The van der Waals surface area contributed by atoms with Crippen molar-refractivity contribution in [3.8, 4) is 0 Å². The minimum atomic E-state index is -0.406. The quantitative estimate of drug-likeness (QED) is 0.658. The molecule has 2 N–H and O–H groups in total. The Morgan fingerprint density at radius 2 is 2.19 bits per heavy atom. The lowest BCUT2D eigenvalue weighted by molar-refractivity contribution is -0.385. The fraction of sp³-hybridized carbons (Fsp3) is 0.600. The minimum Gasteiger partial charge on any atom is -0.396 e. The van der Waals surface area contributed by atoms with Crippen molar-refractivity contribution in [2.45, 2.75) is 39.8 Å². The van der Waals surface area contributed by atoms with Crippen LogP contribution in [0.25, 0.3) is 0 Å². The zero-order valence-electron chi connectivity index (χ0n) is 11.9. The molecule has 21 heavy (non-hydrogen) atoms. The maximum absolute atomic E-state index is 10.9. The van der Waals surface area contributed by atoms with Crippen LogP contribution in [0.1, 0.15) is 39.4 Å². The summed E-state index contributed by atoms with van der Waals surface area (Å²) in [7, 11) is 1.60. The minimum absolute atomic E-state index is 0. The van der Waals surface area contributed by atoms with Gasteiger partial charge in [-0.3, -0.25) is 10.1 Å². The summed E-state index contributed by atoms with van der Waals surface area (Å²) in [6.45, 7) is 4.02. The molecule has 1 aliphatic heterocycles. The molecule has 1 aliphatic rings. The molecular weight excluding hydrogens is 272 g/mol. The van der Waals surface area contributed by atoms with E-state index in [0.717, 1.165) is 11.3 Å². The molecule has 1 aromatic carbocycles. The number of anilines is 1. The second kappa shape index (κ2) is 6.41. The smallest absolute Gasteiger partial charge is 0.269 e. The first-order valence-electron chi connectivity index (χ1n) is 6.57. The number of nitro groups is 1. The molecule has 0 aliphatic carbocycles. The van der Waals surface area contributed by atoms with E-state index in [0.29, 0.717) is 6.42 Å². The molecule has 2 unspecified atom stereocenters. The molecule has 0 saturated carbocycles. The zero-order valence-corrected chi connectivity index (χ0v) is 11.9. The lowest BCUT2D eigenvalue weighted by atomic mass is 9.78. The lowest BCUT2D eigenvalue weighted by Gasteiger charge is -2.40. The fourth-order valence-corrected chi connectivity index (χ4v) is 2.50. The van der Waals surface area contributed by atoms with Crippen LogP contribution in [0.4, 0.5) is 11.4 Å². The van der Waals surface area contributed by atoms with Gasteiger partial charge >= 0.3 is 0 Å². The van der Waals surface area contributed by atoms with Crippen molar-refractivity contribution in [3.63, 3.8) is 0 Å². The van der Waals surface area contributed by atoms with Crippen LogP contribution in [0.5, 0.6) is 0 Å². The van der Waals surface area contributed by atoms with Crippen LogP contribution in [0.2, 0.25) is 0 Å². The van der Waals surface area contributed by atoms with Gasteiger partial charge in [0.1, 0.15) is 0 Å². The first-order valence-corrected chi connectivity index (χ1v) is 6.57. The number of methoxy groups -OCH3 is 1. The molecule has 1 aromatic rings. The van der Waals surface area contributed by atoms with Crippen molar-refractivity contribution >= 4 is 11.4 Å². The van der Waals surface area contributed by atoms with E-state index < -0.39 is 4.92 Å². The molecular formula is C15H24N2O4. The number of aliphatic hydroxyl groups is 1. The van der Waals surface area contributed by atoms with Crippen LogP contribution in [0.15, 0.2) is 18.2 Å². The van der Waals surface area contributed by atoms with Gasteiger partial charge in [-0.2, -0.15) is 0 Å². The largest absolute Gasteiger partial charge is 0.396 e. The van der Waals surface area contributed by atoms with E-state index in [-0.39, 0.29) is 37.3 Å². The Bertz CT molecular complexity index is 516. The lowest BCUT2D eigenvalue weighted by Crippen LogP contribution is -2.42. The Hall–Kier alpha value is -1.66. The molecule has 6 nitrogen and oxygen atoms in total. The molecule has 0 saturated heterocycles. The van der Waals surface area contributed by atoms with Crippen molar-refractivity contribution < 1.29 is 14.8 Å². The number of rotatable bonds is 4. The third-order valence-corrected chi connectivity index (χ3v) is 4.01. The number of aliphatic hydroxyl groups excluding tert-OH is 1. The van der Waals surface area contributed by atoms with Gasteiger partial charge in [0.15, 0.2) is 0 Å². The molecule has 0 bridgehead atoms. The van der Waals surface area contributed by atoms with Gasteiger partial charge in [0.05, 0.1) is 17.6 Å². The predicted octanol–water partition coefficient (Wildman–Crippen LogP) is 3.12. The third kappa shape index (κ3) is 3.33. The number of non-ortho nitro benzene ring substituents is 1. The summed E-state index contributed by atoms with van der Waals surface area (Å²) in [5.74, 6) is 0. The van der Waals surface area contributed by atoms with Crippen LogP contribution in [0, 0.1) is 15.5 Å². The first-order chi connectivity index (χ1) is 9.39. The summed E-state index contributed by atoms with van der Waals surface area (Å²) >= 11 is 0. The van der Waals surface area contributed by atoms with Crippen LogP contribution >= 0.6 is 0 Å². The van der Waals surface area contributed by atoms with E-state index >= 15 is 0 Å². The molecule has 118 valence electrons. The summed E-state index contributed by atoms with van der Waals surface area (Å²) in [6.07, 6.45) is 0.458. The summed E-state index contributed by atoms with van der Waals surface area (Å²) in [4.78, 5) is 10.5. The van der Waals surface area contributed by atoms with E-state index in [1.54, 1.807) is 19.2 Å².